The minimum absolute atomic E-state index is 0.0841. The van der Waals surface area contributed by atoms with Gasteiger partial charge in [0, 0.05) is 12.6 Å². The van der Waals surface area contributed by atoms with Crippen LogP contribution >= 0.6 is 0 Å². The van der Waals surface area contributed by atoms with Gasteiger partial charge in [-0.15, -0.1) is 0 Å². The van der Waals surface area contributed by atoms with Crippen LogP contribution in [0.1, 0.15) is 43.1 Å². The molecule has 1 aliphatic carbocycles. The number of amides is 1. The van der Waals surface area contributed by atoms with Gasteiger partial charge in [0.15, 0.2) is 11.5 Å². The van der Waals surface area contributed by atoms with Crippen LogP contribution in [0.3, 0.4) is 0 Å². The normalized spacial score (nSPS) is 22.9. The molecule has 4 rings (SSSR count). The number of carbonyl (C=O) groups is 2. The van der Waals surface area contributed by atoms with E-state index in [-0.39, 0.29) is 42.7 Å². The van der Waals surface area contributed by atoms with Crippen molar-refractivity contribution in [2.75, 3.05) is 12.3 Å². The van der Waals surface area contributed by atoms with Crippen molar-refractivity contribution in [1.29, 1.82) is 0 Å². The summed E-state index contributed by atoms with van der Waals surface area (Å²) in [5.74, 6) is -0.569. The molecule has 3 heterocycles. The van der Waals surface area contributed by atoms with Crippen LogP contribution in [0.2, 0.25) is 0 Å². The molecule has 1 fully saturated rings. The fourth-order valence-corrected chi connectivity index (χ4v) is 3.76. The van der Waals surface area contributed by atoms with Crippen molar-refractivity contribution >= 4 is 28.9 Å². The monoisotopic (exact) mass is 444 g/mol. The lowest BCUT2D eigenvalue weighted by atomic mass is 10.2. The van der Waals surface area contributed by atoms with E-state index >= 15 is 0 Å². The van der Waals surface area contributed by atoms with Gasteiger partial charge in [-0.1, -0.05) is 6.92 Å². The zero-order valence-electron chi connectivity index (χ0n) is 17.5. The van der Waals surface area contributed by atoms with Crippen LogP contribution in [-0.2, 0) is 9.53 Å². The number of aromatic nitrogens is 6. The summed E-state index contributed by atoms with van der Waals surface area (Å²) >= 11 is 0. The van der Waals surface area contributed by atoms with Gasteiger partial charge in [0.05, 0.1) is 36.8 Å². The molecular weight excluding hydrogens is 420 g/mol. The summed E-state index contributed by atoms with van der Waals surface area (Å²) in [6, 6.07) is -1.22. The molecule has 0 spiro atoms. The van der Waals surface area contributed by atoms with Crippen molar-refractivity contribution in [2.45, 2.75) is 51.0 Å². The predicted molar refractivity (Wildman–Crippen MR) is 111 cm³/mol. The number of nitrogens with two attached hydrogens (primary N) is 1. The van der Waals surface area contributed by atoms with E-state index < -0.39 is 30.3 Å². The molecule has 1 saturated carbocycles. The quantitative estimate of drug-likeness (QED) is 0.356. The van der Waals surface area contributed by atoms with Crippen LogP contribution in [0, 0.1) is 0 Å². The van der Waals surface area contributed by atoms with Crippen molar-refractivity contribution in [1.82, 2.24) is 34.6 Å². The molecule has 4 atom stereocenters. The minimum Gasteiger partial charge on any atom is -0.462 e. The predicted octanol–water partition coefficient (Wildman–Crippen LogP) is -0.668. The zero-order chi connectivity index (χ0) is 23.0. The lowest BCUT2D eigenvalue weighted by Crippen LogP contribution is -2.42. The Morgan fingerprint density at radius 1 is 1.28 bits per heavy atom. The highest BCUT2D eigenvalue weighted by atomic mass is 16.5. The Balaban J connectivity index is 1.68. The SMILES string of the molecule is CCOC(=O)c1cnn(-c2nc(N)c3ncn([C@@H]4C[C@H](NC(=O)CC)[C@@H](O)[C@H]4O)c3n2)c1. The Hall–Kier alpha value is -3.58. The van der Waals surface area contributed by atoms with Gasteiger partial charge in [0.1, 0.15) is 17.7 Å². The highest BCUT2D eigenvalue weighted by Crippen LogP contribution is 2.34. The molecule has 32 heavy (non-hydrogen) atoms. The van der Waals surface area contributed by atoms with Crippen LogP contribution in [0.25, 0.3) is 17.1 Å². The third kappa shape index (κ3) is 3.76. The fourth-order valence-electron chi connectivity index (χ4n) is 3.76. The third-order valence-electron chi connectivity index (χ3n) is 5.41. The van der Waals surface area contributed by atoms with E-state index in [4.69, 9.17) is 10.5 Å². The van der Waals surface area contributed by atoms with Gasteiger partial charge in [-0.25, -0.2) is 14.5 Å². The van der Waals surface area contributed by atoms with E-state index in [0.29, 0.717) is 11.2 Å². The largest absolute Gasteiger partial charge is 0.462 e. The number of hydrogen-bond donors (Lipinski definition) is 4. The summed E-state index contributed by atoms with van der Waals surface area (Å²) in [7, 11) is 0. The Morgan fingerprint density at radius 3 is 2.78 bits per heavy atom. The number of imidazole rings is 1. The van der Waals surface area contributed by atoms with Gasteiger partial charge in [-0.3, -0.25) is 4.79 Å². The van der Waals surface area contributed by atoms with Gasteiger partial charge < -0.3 is 30.6 Å². The minimum atomic E-state index is -1.16. The van der Waals surface area contributed by atoms with E-state index in [0.717, 1.165) is 0 Å². The summed E-state index contributed by atoms with van der Waals surface area (Å²) in [6.45, 7) is 3.64. The van der Waals surface area contributed by atoms with Gasteiger partial charge in [-0.05, 0) is 13.3 Å². The number of hydrogen-bond acceptors (Lipinski definition) is 10. The van der Waals surface area contributed by atoms with E-state index in [1.54, 1.807) is 18.4 Å². The highest BCUT2D eigenvalue weighted by molar-refractivity contribution is 5.89. The summed E-state index contributed by atoms with van der Waals surface area (Å²) in [5, 5.41) is 27.9. The van der Waals surface area contributed by atoms with Gasteiger partial charge in [0.25, 0.3) is 5.95 Å². The average Bonchev–Trinajstić information content (AvgIpc) is 3.48. The molecule has 1 aliphatic rings. The molecule has 170 valence electrons. The number of nitrogens with one attached hydrogen (secondary N) is 1. The maximum absolute atomic E-state index is 11.9. The Labute approximate surface area is 182 Å². The number of nitrogen functional groups attached to an aromatic ring is 1. The average molecular weight is 444 g/mol. The summed E-state index contributed by atoms with van der Waals surface area (Å²) in [6.07, 6.45) is 2.44. The second-order valence-electron chi connectivity index (χ2n) is 7.44. The first-order chi connectivity index (χ1) is 15.3. The molecule has 13 nitrogen and oxygen atoms in total. The number of anilines is 1. The van der Waals surface area contributed by atoms with Crippen molar-refractivity contribution < 1.29 is 24.5 Å². The van der Waals surface area contributed by atoms with Gasteiger partial charge in [-0.2, -0.15) is 15.1 Å². The molecule has 3 aromatic heterocycles. The standard InChI is InChI=1S/C19H24N8O5/c1-3-12(28)23-10-5-11(15(30)14(10)29)26-8-21-13-16(20)24-19(25-17(13)26)27-7-9(6-22-27)18(31)32-4-2/h6-8,10-11,14-15,29-30H,3-5H2,1-2H3,(H,23,28)(H2,20,24,25)/t10-,11+,14+,15-/m0/s1. The van der Waals surface area contributed by atoms with Gasteiger partial charge >= 0.3 is 5.97 Å². The second-order valence-corrected chi connectivity index (χ2v) is 7.44. The first-order valence-electron chi connectivity index (χ1n) is 10.2. The van der Waals surface area contributed by atoms with E-state index in [2.05, 4.69) is 25.4 Å². The molecule has 1 amide bonds. The number of fused-ring (bicyclic) bond motifs is 1. The van der Waals surface area contributed by atoms with Gasteiger partial charge in [0.2, 0.25) is 5.91 Å². The molecule has 5 N–H and O–H groups in total. The first kappa shape index (κ1) is 21.6. The van der Waals surface area contributed by atoms with Crippen molar-refractivity contribution in [3.8, 4) is 5.95 Å². The number of aliphatic hydroxyl groups excluding tert-OH is 2. The Kier molecular flexibility index (Phi) is 5.76. The summed E-state index contributed by atoms with van der Waals surface area (Å²) in [5.41, 5.74) is 6.93. The summed E-state index contributed by atoms with van der Waals surface area (Å²) < 4.78 is 7.84. The molecule has 0 radical (unpaired) electrons. The van der Waals surface area contributed by atoms with E-state index in [9.17, 15) is 19.8 Å². The topological polar surface area (TPSA) is 183 Å². The number of rotatable bonds is 6. The number of nitrogens with zero attached hydrogens (tertiary/aromatic N) is 6. The van der Waals surface area contributed by atoms with Crippen LogP contribution in [0.5, 0.6) is 0 Å². The number of esters is 1. The number of carbonyl (C=O) groups excluding carboxylic acids is 2. The van der Waals surface area contributed by atoms with Crippen LogP contribution in [0.4, 0.5) is 5.82 Å². The molecular formula is C19H24N8O5. The Morgan fingerprint density at radius 2 is 2.06 bits per heavy atom. The highest BCUT2D eigenvalue weighted by Gasteiger charge is 2.43. The molecule has 13 heteroatoms. The fraction of sp³-hybridized carbons (Fsp3) is 0.474. The molecule has 3 aromatic rings. The molecule has 0 aliphatic heterocycles. The molecule has 0 bridgehead atoms. The lowest BCUT2D eigenvalue weighted by Gasteiger charge is -2.18. The van der Waals surface area contributed by atoms with Crippen molar-refractivity contribution in [2.24, 2.45) is 0 Å². The van der Waals surface area contributed by atoms with Crippen LogP contribution in [-0.4, -0.2) is 76.2 Å². The lowest BCUT2D eigenvalue weighted by molar-refractivity contribution is -0.122. The van der Waals surface area contributed by atoms with Crippen LogP contribution in [0.15, 0.2) is 18.7 Å². The first-order valence-corrected chi connectivity index (χ1v) is 10.2. The smallest absolute Gasteiger partial charge is 0.341 e. The molecule has 0 saturated heterocycles. The second kappa shape index (κ2) is 8.51. The van der Waals surface area contributed by atoms with Crippen molar-refractivity contribution in [3.63, 3.8) is 0 Å². The molecule has 0 aromatic carbocycles. The van der Waals surface area contributed by atoms with E-state index in [1.165, 1.54) is 23.4 Å². The number of aliphatic hydroxyl groups is 2. The third-order valence-corrected chi connectivity index (χ3v) is 5.41. The Bertz CT molecular complexity index is 1160. The maximum atomic E-state index is 11.9. The van der Waals surface area contributed by atoms with E-state index in [1.807, 2.05) is 0 Å². The molecule has 0 unspecified atom stereocenters. The van der Waals surface area contributed by atoms with Crippen LogP contribution < -0.4 is 11.1 Å². The zero-order valence-corrected chi connectivity index (χ0v) is 17.5. The summed E-state index contributed by atoms with van der Waals surface area (Å²) in [4.78, 5) is 36.6. The van der Waals surface area contributed by atoms with Crippen molar-refractivity contribution in [3.05, 3.63) is 24.3 Å². The maximum Gasteiger partial charge on any atom is 0.341 e. The number of ether oxygens (including phenoxy) is 1.